The first-order valence-electron chi connectivity index (χ1n) is 5.33. The molecule has 0 atom stereocenters. The largest absolute Gasteiger partial charge is 0.355 e. The maximum Gasteiger partial charge on any atom is 0.274 e. The Morgan fingerprint density at radius 3 is 3.12 bits per heavy atom. The van der Waals surface area contributed by atoms with E-state index in [9.17, 15) is 10.1 Å². The molecule has 0 unspecified atom stereocenters. The van der Waals surface area contributed by atoms with Crippen LogP contribution in [-0.2, 0) is 0 Å². The molecule has 0 aliphatic carbocycles. The van der Waals surface area contributed by atoms with E-state index in [0.29, 0.717) is 5.82 Å². The lowest BCUT2D eigenvalue weighted by molar-refractivity contribution is -0.384. The minimum Gasteiger partial charge on any atom is -0.355 e. The van der Waals surface area contributed by atoms with Crippen LogP contribution in [0.15, 0.2) is 18.3 Å². The zero-order chi connectivity index (χ0) is 11.4. The zero-order valence-corrected chi connectivity index (χ0v) is 8.93. The van der Waals surface area contributed by atoms with Crippen molar-refractivity contribution in [1.29, 1.82) is 0 Å². The van der Waals surface area contributed by atoms with E-state index in [1.807, 2.05) is 0 Å². The Kier molecular flexibility index (Phi) is 3.31. The summed E-state index contributed by atoms with van der Waals surface area (Å²) in [4.78, 5) is 16.5. The van der Waals surface area contributed by atoms with Gasteiger partial charge in [0, 0.05) is 31.9 Å². The van der Waals surface area contributed by atoms with Gasteiger partial charge in [-0.3, -0.25) is 10.1 Å². The molecule has 86 valence electrons. The van der Waals surface area contributed by atoms with Crippen LogP contribution in [0.25, 0.3) is 0 Å². The monoisotopic (exact) mass is 222 g/mol. The fourth-order valence-corrected chi connectivity index (χ4v) is 1.77. The highest BCUT2D eigenvalue weighted by Gasteiger charge is 2.13. The number of hydrogen-bond acceptors (Lipinski definition) is 5. The lowest BCUT2D eigenvalue weighted by atomic mass is 10.3. The Balaban J connectivity index is 2.18. The molecule has 1 aromatic heterocycles. The van der Waals surface area contributed by atoms with E-state index in [4.69, 9.17) is 0 Å². The molecule has 16 heavy (non-hydrogen) atoms. The number of nitro groups is 1. The molecule has 6 nitrogen and oxygen atoms in total. The summed E-state index contributed by atoms with van der Waals surface area (Å²) in [6.07, 6.45) is 2.52. The molecule has 1 fully saturated rings. The van der Waals surface area contributed by atoms with Gasteiger partial charge in [0.25, 0.3) is 5.69 Å². The molecule has 1 N–H and O–H groups in total. The van der Waals surface area contributed by atoms with Crippen LogP contribution in [0.5, 0.6) is 0 Å². The Bertz CT molecular complexity index is 375. The Morgan fingerprint density at radius 1 is 1.44 bits per heavy atom. The van der Waals surface area contributed by atoms with E-state index in [0.717, 1.165) is 32.6 Å². The van der Waals surface area contributed by atoms with Crippen LogP contribution in [0.3, 0.4) is 0 Å². The minimum absolute atomic E-state index is 0.0993. The van der Waals surface area contributed by atoms with Crippen LogP contribution in [0.2, 0.25) is 0 Å². The van der Waals surface area contributed by atoms with Crippen molar-refractivity contribution in [3.63, 3.8) is 0 Å². The van der Waals surface area contributed by atoms with Crippen LogP contribution in [-0.4, -0.2) is 36.1 Å². The predicted molar refractivity (Wildman–Crippen MR) is 60.6 cm³/mol. The number of hydrogen-bond donors (Lipinski definition) is 1. The summed E-state index contributed by atoms with van der Waals surface area (Å²) in [5, 5.41) is 13.9. The molecule has 1 aliphatic rings. The fourth-order valence-electron chi connectivity index (χ4n) is 1.77. The standard InChI is InChI=1S/C10H14N4O2/c15-14(16)9-2-4-12-10(8-9)13-6-1-3-11-5-7-13/h2,4,8,11H,1,3,5-7H2. The first-order chi connectivity index (χ1) is 7.77. The molecular formula is C10H14N4O2. The summed E-state index contributed by atoms with van der Waals surface area (Å²) in [5.74, 6) is 0.693. The van der Waals surface area contributed by atoms with Gasteiger partial charge in [-0.05, 0) is 13.0 Å². The summed E-state index contributed by atoms with van der Waals surface area (Å²) in [5.41, 5.74) is 0.0993. The van der Waals surface area contributed by atoms with Crippen LogP contribution in [0, 0.1) is 10.1 Å². The van der Waals surface area contributed by atoms with E-state index in [1.54, 1.807) is 0 Å². The highest BCUT2D eigenvalue weighted by molar-refractivity contribution is 5.46. The topological polar surface area (TPSA) is 71.3 Å². The molecule has 1 saturated heterocycles. The lowest BCUT2D eigenvalue weighted by Gasteiger charge is -2.20. The zero-order valence-electron chi connectivity index (χ0n) is 8.93. The maximum absolute atomic E-state index is 10.7. The van der Waals surface area contributed by atoms with Crippen molar-refractivity contribution in [3.05, 3.63) is 28.4 Å². The van der Waals surface area contributed by atoms with E-state index in [2.05, 4.69) is 15.2 Å². The van der Waals surface area contributed by atoms with Gasteiger partial charge in [-0.1, -0.05) is 0 Å². The van der Waals surface area contributed by atoms with Crippen LogP contribution >= 0.6 is 0 Å². The fraction of sp³-hybridized carbons (Fsp3) is 0.500. The Morgan fingerprint density at radius 2 is 2.31 bits per heavy atom. The number of nitrogens with zero attached hydrogens (tertiary/aromatic N) is 3. The van der Waals surface area contributed by atoms with Crippen LogP contribution < -0.4 is 10.2 Å². The molecule has 0 bridgehead atoms. The quantitative estimate of drug-likeness (QED) is 0.591. The van der Waals surface area contributed by atoms with Crippen molar-refractivity contribution in [1.82, 2.24) is 10.3 Å². The molecule has 2 rings (SSSR count). The highest BCUT2D eigenvalue weighted by atomic mass is 16.6. The third-order valence-corrected chi connectivity index (χ3v) is 2.60. The summed E-state index contributed by atoms with van der Waals surface area (Å²) in [7, 11) is 0. The highest BCUT2D eigenvalue weighted by Crippen LogP contribution is 2.18. The first-order valence-corrected chi connectivity index (χ1v) is 5.33. The van der Waals surface area contributed by atoms with Gasteiger partial charge in [0.15, 0.2) is 0 Å². The summed E-state index contributed by atoms with van der Waals surface area (Å²) >= 11 is 0. The van der Waals surface area contributed by atoms with Crippen LogP contribution in [0.1, 0.15) is 6.42 Å². The number of pyridine rings is 1. The van der Waals surface area contributed by atoms with Gasteiger partial charge < -0.3 is 10.2 Å². The van der Waals surface area contributed by atoms with Crippen molar-refractivity contribution < 1.29 is 4.92 Å². The molecule has 1 aromatic rings. The third-order valence-electron chi connectivity index (χ3n) is 2.60. The third kappa shape index (κ3) is 2.46. The average molecular weight is 222 g/mol. The number of nitrogens with one attached hydrogen (secondary N) is 1. The van der Waals surface area contributed by atoms with Crippen molar-refractivity contribution in [2.24, 2.45) is 0 Å². The second kappa shape index (κ2) is 4.89. The van der Waals surface area contributed by atoms with Gasteiger partial charge in [0.1, 0.15) is 5.82 Å². The first kappa shape index (κ1) is 10.8. The normalized spacial score (nSPS) is 16.9. The second-order valence-corrected chi connectivity index (χ2v) is 3.72. The molecular weight excluding hydrogens is 208 g/mol. The molecule has 2 heterocycles. The van der Waals surface area contributed by atoms with Gasteiger partial charge >= 0.3 is 0 Å². The van der Waals surface area contributed by atoms with Gasteiger partial charge in [-0.15, -0.1) is 0 Å². The number of rotatable bonds is 2. The van der Waals surface area contributed by atoms with Gasteiger partial charge in [-0.2, -0.15) is 0 Å². The Hall–Kier alpha value is -1.69. The van der Waals surface area contributed by atoms with Crippen molar-refractivity contribution in [2.75, 3.05) is 31.1 Å². The van der Waals surface area contributed by atoms with Crippen molar-refractivity contribution in [2.45, 2.75) is 6.42 Å². The molecule has 1 aliphatic heterocycles. The van der Waals surface area contributed by atoms with Gasteiger partial charge in [0.2, 0.25) is 0 Å². The van der Waals surface area contributed by atoms with Gasteiger partial charge in [0.05, 0.1) is 11.0 Å². The maximum atomic E-state index is 10.7. The Labute approximate surface area is 93.4 Å². The summed E-state index contributed by atoms with van der Waals surface area (Å²) in [6, 6.07) is 2.95. The molecule has 0 aromatic carbocycles. The average Bonchev–Trinajstić information content (AvgIpc) is 2.57. The molecule has 0 amide bonds. The van der Waals surface area contributed by atoms with Gasteiger partial charge in [-0.25, -0.2) is 4.98 Å². The van der Waals surface area contributed by atoms with Crippen LogP contribution in [0.4, 0.5) is 11.5 Å². The number of anilines is 1. The molecule has 0 radical (unpaired) electrons. The minimum atomic E-state index is -0.388. The molecule has 6 heteroatoms. The van der Waals surface area contributed by atoms with E-state index in [-0.39, 0.29) is 10.6 Å². The van der Waals surface area contributed by atoms with E-state index < -0.39 is 0 Å². The molecule has 0 spiro atoms. The smallest absolute Gasteiger partial charge is 0.274 e. The summed E-state index contributed by atoms with van der Waals surface area (Å²) < 4.78 is 0. The predicted octanol–water partition coefficient (Wildman–Crippen LogP) is 0.789. The lowest BCUT2D eigenvalue weighted by Crippen LogP contribution is -2.28. The summed E-state index contributed by atoms with van der Waals surface area (Å²) in [6.45, 7) is 3.62. The molecule has 0 saturated carbocycles. The number of aromatic nitrogens is 1. The van der Waals surface area contributed by atoms with E-state index in [1.165, 1.54) is 18.3 Å². The van der Waals surface area contributed by atoms with Crippen molar-refractivity contribution >= 4 is 11.5 Å². The SMILES string of the molecule is O=[N+]([O-])c1ccnc(N2CCCNCC2)c1. The second-order valence-electron chi connectivity index (χ2n) is 3.72. The van der Waals surface area contributed by atoms with E-state index >= 15 is 0 Å². The van der Waals surface area contributed by atoms with Crippen molar-refractivity contribution in [3.8, 4) is 0 Å².